The molecule has 0 unspecified atom stereocenters. The first kappa shape index (κ1) is 16.8. The molecule has 0 amide bonds. The summed E-state index contributed by atoms with van der Waals surface area (Å²) in [5, 5.41) is 19.8. The molecule has 0 saturated heterocycles. The monoisotopic (exact) mass is 278 g/mol. The average Bonchev–Trinajstić information content (AvgIpc) is 2.28. The number of aliphatic hydroxyl groups is 1. The molecule has 5 nitrogen and oxygen atoms in total. The van der Waals surface area contributed by atoms with E-state index in [1.165, 1.54) is 0 Å². The summed E-state index contributed by atoms with van der Waals surface area (Å²) in [5.41, 5.74) is 4.90. The Morgan fingerprint density at radius 2 is 2.11 bits per heavy atom. The Morgan fingerprint density at radius 1 is 1.56 bits per heavy atom. The standard InChI is InChI=1S/C11H15FN2O3.ClH/c1-11(2,6-15)10(13)8-5-7(14(16)17)3-4-9(8)12;/h3-5,10,15H,6,13H2,1-2H3;1H/t10-;/m1./s1. The van der Waals surface area contributed by atoms with E-state index in [0.717, 1.165) is 18.2 Å². The summed E-state index contributed by atoms with van der Waals surface area (Å²) in [4.78, 5) is 9.99. The summed E-state index contributed by atoms with van der Waals surface area (Å²) >= 11 is 0. The van der Waals surface area contributed by atoms with E-state index in [2.05, 4.69) is 0 Å². The molecule has 1 aromatic carbocycles. The van der Waals surface area contributed by atoms with Crippen LogP contribution in [-0.2, 0) is 0 Å². The number of benzene rings is 1. The molecule has 0 aliphatic carbocycles. The van der Waals surface area contributed by atoms with Gasteiger partial charge in [0.1, 0.15) is 5.82 Å². The van der Waals surface area contributed by atoms with E-state index < -0.39 is 22.2 Å². The molecular formula is C11H16ClFN2O3. The van der Waals surface area contributed by atoms with Crippen molar-refractivity contribution < 1.29 is 14.4 Å². The normalized spacial score (nSPS) is 12.7. The Bertz CT molecular complexity index is 440. The highest BCUT2D eigenvalue weighted by Gasteiger charge is 2.30. The molecule has 102 valence electrons. The van der Waals surface area contributed by atoms with Crippen molar-refractivity contribution in [2.45, 2.75) is 19.9 Å². The molecule has 0 bridgehead atoms. The van der Waals surface area contributed by atoms with Gasteiger partial charge in [-0.25, -0.2) is 4.39 Å². The highest BCUT2D eigenvalue weighted by atomic mass is 35.5. The van der Waals surface area contributed by atoms with E-state index in [-0.39, 0.29) is 30.3 Å². The minimum atomic E-state index is -0.813. The van der Waals surface area contributed by atoms with Gasteiger partial charge in [0.25, 0.3) is 5.69 Å². The van der Waals surface area contributed by atoms with Crippen LogP contribution in [0.2, 0.25) is 0 Å². The molecule has 0 fully saturated rings. The van der Waals surface area contributed by atoms with E-state index in [1.54, 1.807) is 13.8 Å². The minimum Gasteiger partial charge on any atom is -0.396 e. The van der Waals surface area contributed by atoms with Gasteiger partial charge in [0, 0.05) is 35.8 Å². The van der Waals surface area contributed by atoms with Crippen LogP contribution in [0.4, 0.5) is 10.1 Å². The lowest BCUT2D eigenvalue weighted by Gasteiger charge is -2.29. The lowest BCUT2D eigenvalue weighted by Crippen LogP contribution is -2.33. The van der Waals surface area contributed by atoms with Gasteiger partial charge in [-0.05, 0) is 6.07 Å². The van der Waals surface area contributed by atoms with Crippen LogP contribution < -0.4 is 5.73 Å². The van der Waals surface area contributed by atoms with Gasteiger partial charge in [0.15, 0.2) is 0 Å². The highest BCUT2D eigenvalue weighted by Crippen LogP contribution is 2.33. The van der Waals surface area contributed by atoms with E-state index in [9.17, 15) is 14.5 Å². The number of halogens is 2. The fourth-order valence-electron chi connectivity index (χ4n) is 1.40. The zero-order valence-electron chi connectivity index (χ0n) is 10.1. The Labute approximate surface area is 110 Å². The number of rotatable bonds is 4. The predicted molar refractivity (Wildman–Crippen MR) is 68.1 cm³/mol. The highest BCUT2D eigenvalue weighted by molar-refractivity contribution is 5.85. The second kappa shape index (κ2) is 6.08. The number of nitrogens with zero attached hydrogens (tertiary/aromatic N) is 1. The number of nitrogens with two attached hydrogens (primary N) is 1. The van der Waals surface area contributed by atoms with Crippen molar-refractivity contribution in [1.29, 1.82) is 0 Å². The maximum atomic E-state index is 13.6. The maximum absolute atomic E-state index is 13.6. The van der Waals surface area contributed by atoms with Crippen molar-refractivity contribution in [3.05, 3.63) is 39.7 Å². The first-order chi connectivity index (χ1) is 7.79. The fraction of sp³-hybridized carbons (Fsp3) is 0.455. The summed E-state index contributed by atoms with van der Waals surface area (Å²) in [6.07, 6.45) is 0. The molecule has 18 heavy (non-hydrogen) atoms. The zero-order valence-corrected chi connectivity index (χ0v) is 10.9. The topological polar surface area (TPSA) is 89.4 Å². The molecule has 0 aliphatic rings. The third-order valence-electron chi connectivity index (χ3n) is 2.77. The van der Waals surface area contributed by atoms with Crippen LogP contribution in [0, 0.1) is 21.3 Å². The first-order valence-electron chi connectivity index (χ1n) is 5.10. The largest absolute Gasteiger partial charge is 0.396 e. The Kier molecular flexibility index (Phi) is 5.66. The van der Waals surface area contributed by atoms with E-state index in [1.807, 2.05) is 0 Å². The van der Waals surface area contributed by atoms with Gasteiger partial charge in [-0.1, -0.05) is 13.8 Å². The molecule has 1 rings (SSSR count). The van der Waals surface area contributed by atoms with Gasteiger partial charge >= 0.3 is 0 Å². The predicted octanol–water partition coefficient (Wildman–Crippen LogP) is 2.17. The van der Waals surface area contributed by atoms with E-state index >= 15 is 0 Å². The first-order valence-corrected chi connectivity index (χ1v) is 5.10. The Morgan fingerprint density at radius 3 is 2.56 bits per heavy atom. The lowest BCUT2D eigenvalue weighted by atomic mass is 9.81. The van der Waals surface area contributed by atoms with Crippen molar-refractivity contribution in [2.75, 3.05) is 6.61 Å². The molecule has 7 heteroatoms. The van der Waals surface area contributed by atoms with Crippen molar-refractivity contribution in [3.8, 4) is 0 Å². The van der Waals surface area contributed by atoms with Gasteiger partial charge in [-0.15, -0.1) is 12.4 Å². The van der Waals surface area contributed by atoms with Crippen LogP contribution in [0.25, 0.3) is 0 Å². The fourth-order valence-corrected chi connectivity index (χ4v) is 1.40. The lowest BCUT2D eigenvalue weighted by molar-refractivity contribution is -0.385. The third-order valence-corrected chi connectivity index (χ3v) is 2.77. The molecule has 0 heterocycles. The van der Waals surface area contributed by atoms with Crippen molar-refractivity contribution >= 4 is 18.1 Å². The molecule has 0 spiro atoms. The zero-order chi connectivity index (χ0) is 13.2. The third kappa shape index (κ3) is 3.38. The van der Waals surface area contributed by atoms with Gasteiger partial charge in [0.2, 0.25) is 0 Å². The maximum Gasteiger partial charge on any atom is 0.269 e. The summed E-state index contributed by atoms with van der Waals surface area (Å²) in [7, 11) is 0. The second-order valence-electron chi connectivity index (χ2n) is 4.59. The number of nitro benzene ring substituents is 1. The number of hydrogen-bond donors (Lipinski definition) is 2. The smallest absolute Gasteiger partial charge is 0.269 e. The van der Waals surface area contributed by atoms with Crippen LogP contribution in [0.15, 0.2) is 18.2 Å². The van der Waals surface area contributed by atoms with Crippen molar-refractivity contribution in [1.82, 2.24) is 0 Å². The van der Waals surface area contributed by atoms with Crippen molar-refractivity contribution in [3.63, 3.8) is 0 Å². The van der Waals surface area contributed by atoms with Crippen LogP contribution in [0.5, 0.6) is 0 Å². The van der Waals surface area contributed by atoms with Gasteiger partial charge in [-0.3, -0.25) is 10.1 Å². The van der Waals surface area contributed by atoms with Gasteiger partial charge in [0.05, 0.1) is 4.92 Å². The number of hydrogen-bond acceptors (Lipinski definition) is 4. The Hall–Kier alpha value is -1.24. The van der Waals surface area contributed by atoms with Crippen LogP contribution >= 0.6 is 12.4 Å². The molecular weight excluding hydrogens is 263 g/mol. The molecule has 3 N–H and O–H groups in total. The molecule has 0 radical (unpaired) electrons. The number of aliphatic hydroxyl groups excluding tert-OH is 1. The Balaban J connectivity index is 0.00000289. The van der Waals surface area contributed by atoms with Gasteiger partial charge in [-0.2, -0.15) is 0 Å². The summed E-state index contributed by atoms with van der Waals surface area (Å²) in [5.74, 6) is -0.607. The van der Waals surface area contributed by atoms with Gasteiger partial charge < -0.3 is 10.8 Å². The minimum absolute atomic E-state index is 0. The summed E-state index contributed by atoms with van der Waals surface area (Å²) in [6, 6.07) is 2.39. The van der Waals surface area contributed by atoms with Crippen LogP contribution in [0.1, 0.15) is 25.5 Å². The van der Waals surface area contributed by atoms with Crippen LogP contribution in [-0.4, -0.2) is 16.6 Å². The van der Waals surface area contributed by atoms with E-state index in [4.69, 9.17) is 10.8 Å². The SMILES string of the molecule is CC(C)(CO)[C@H](N)c1cc([N+](=O)[O-])ccc1F.Cl. The summed E-state index contributed by atoms with van der Waals surface area (Å²) in [6.45, 7) is 3.09. The van der Waals surface area contributed by atoms with Crippen molar-refractivity contribution in [2.24, 2.45) is 11.1 Å². The second-order valence-corrected chi connectivity index (χ2v) is 4.59. The number of nitro groups is 1. The molecule has 0 aliphatic heterocycles. The molecule has 1 aromatic rings. The number of non-ortho nitro benzene ring substituents is 1. The molecule has 0 saturated carbocycles. The van der Waals surface area contributed by atoms with E-state index in [0.29, 0.717) is 0 Å². The summed E-state index contributed by atoms with van der Waals surface area (Å²) < 4.78 is 13.6. The quantitative estimate of drug-likeness (QED) is 0.652. The average molecular weight is 279 g/mol. The van der Waals surface area contributed by atoms with Crippen LogP contribution in [0.3, 0.4) is 0 Å². The molecule has 1 atom stereocenters. The molecule has 0 aromatic heterocycles.